The van der Waals surface area contributed by atoms with Crippen LogP contribution in [0.15, 0.2) is 18.2 Å². The van der Waals surface area contributed by atoms with E-state index >= 15 is 0 Å². The van der Waals surface area contributed by atoms with Crippen molar-refractivity contribution in [1.29, 1.82) is 0 Å². The highest BCUT2D eigenvalue weighted by molar-refractivity contribution is 5.68. The van der Waals surface area contributed by atoms with Crippen LogP contribution in [0, 0.1) is 11.7 Å². The normalized spacial score (nSPS) is 32.0. The number of hydrogen-bond donors (Lipinski definition) is 0. The standard InChI is InChI=1S/C26H35FN2O3/c27-19-7-8-24-22(15-19)26(17-31-24)9-12-28(13-10-26)20-14-18-4-3-11-29(23(18)16-20)25(30)32-21-5-1-2-6-21/h7-8,15,18,20-21,23H,1-6,9-14,16-17H2. The Kier molecular flexibility index (Phi) is 5.32. The third-order valence-electron chi connectivity index (χ3n) is 9.10. The molecule has 2 saturated carbocycles. The maximum absolute atomic E-state index is 13.9. The van der Waals surface area contributed by atoms with Crippen LogP contribution in [0.2, 0.25) is 0 Å². The Hall–Kier alpha value is -1.82. The summed E-state index contributed by atoms with van der Waals surface area (Å²) in [5.41, 5.74) is 1.04. The molecule has 0 bridgehead atoms. The van der Waals surface area contributed by atoms with Crippen molar-refractivity contribution in [3.63, 3.8) is 0 Å². The second-order valence-corrected chi connectivity index (χ2v) is 10.8. The maximum Gasteiger partial charge on any atom is 0.410 e. The van der Waals surface area contributed by atoms with Crippen molar-refractivity contribution in [3.05, 3.63) is 29.6 Å². The van der Waals surface area contributed by atoms with Crippen LogP contribution in [-0.4, -0.2) is 60.3 Å². The molecule has 1 aromatic rings. The third-order valence-corrected chi connectivity index (χ3v) is 9.10. The van der Waals surface area contributed by atoms with Crippen LogP contribution in [0.25, 0.3) is 0 Å². The van der Waals surface area contributed by atoms with E-state index in [9.17, 15) is 9.18 Å². The Morgan fingerprint density at radius 1 is 1.06 bits per heavy atom. The summed E-state index contributed by atoms with van der Waals surface area (Å²) >= 11 is 0. The highest BCUT2D eigenvalue weighted by Crippen LogP contribution is 2.47. The van der Waals surface area contributed by atoms with Crippen LogP contribution in [0.3, 0.4) is 0 Å². The van der Waals surface area contributed by atoms with Crippen molar-refractivity contribution in [3.8, 4) is 5.75 Å². The lowest BCUT2D eigenvalue weighted by molar-refractivity contribution is 0.0347. The number of fused-ring (bicyclic) bond motifs is 3. The predicted octanol–water partition coefficient (Wildman–Crippen LogP) is 4.87. The number of likely N-dealkylation sites (tertiary alicyclic amines) is 2. The molecular formula is C26H35FN2O3. The molecule has 4 fully saturated rings. The summed E-state index contributed by atoms with van der Waals surface area (Å²) in [7, 11) is 0. The van der Waals surface area contributed by atoms with Crippen molar-refractivity contribution < 1.29 is 18.7 Å². The van der Waals surface area contributed by atoms with E-state index in [0.29, 0.717) is 24.6 Å². The molecule has 3 aliphatic heterocycles. The molecule has 2 aliphatic carbocycles. The number of amides is 1. The lowest BCUT2D eigenvalue weighted by Gasteiger charge is -2.41. The summed E-state index contributed by atoms with van der Waals surface area (Å²) in [5.74, 6) is 1.30. The van der Waals surface area contributed by atoms with Crippen LogP contribution >= 0.6 is 0 Å². The number of ether oxygens (including phenoxy) is 2. The Morgan fingerprint density at radius 3 is 2.69 bits per heavy atom. The Bertz CT molecular complexity index is 863. The smallest absolute Gasteiger partial charge is 0.410 e. The van der Waals surface area contributed by atoms with Gasteiger partial charge < -0.3 is 19.3 Å². The van der Waals surface area contributed by atoms with Gasteiger partial charge in [0.15, 0.2) is 0 Å². The van der Waals surface area contributed by atoms with Crippen molar-refractivity contribution in [1.82, 2.24) is 9.80 Å². The molecule has 3 heterocycles. The molecule has 5 nitrogen and oxygen atoms in total. The largest absolute Gasteiger partial charge is 0.492 e. The van der Waals surface area contributed by atoms with Crippen LogP contribution in [-0.2, 0) is 10.2 Å². The van der Waals surface area contributed by atoms with Gasteiger partial charge in [-0.05, 0) is 101 Å². The minimum atomic E-state index is -0.166. The van der Waals surface area contributed by atoms with Gasteiger partial charge in [-0.3, -0.25) is 0 Å². The van der Waals surface area contributed by atoms with Crippen molar-refractivity contribution in [2.45, 2.75) is 87.8 Å². The van der Waals surface area contributed by atoms with Gasteiger partial charge in [0.25, 0.3) is 0 Å². The van der Waals surface area contributed by atoms with Crippen LogP contribution in [0.1, 0.15) is 69.8 Å². The van der Waals surface area contributed by atoms with Crippen LogP contribution in [0.5, 0.6) is 5.75 Å². The van der Waals surface area contributed by atoms with Gasteiger partial charge in [-0.2, -0.15) is 0 Å². The second-order valence-electron chi connectivity index (χ2n) is 10.8. The number of nitrogens with zero attached hydrogens (tertiary/aromatic N) is 2. The molecule has 6 heteroatoms. The highest BCUT2D eigenvalue weighted by Gasteiger charge is 2.48. The second kappa shape index (κ2) is 8.19. The molecule has 1 aromatic carbocycles. The minimum absolute atomic E-state index is 0.0313. The fourth-order valence-corrected chi connectivity index (χ4v) is 7.26. The van der Waals surface area contributed by atoms with Crippen LogP contribution < -0.4 is 4.74 Å². The molecule has 3 unspecified atom stereocenters. The van der Waals surface area contributed by atoms with Gasteiger partial charge in [0.1, 0.15) is 17.7 Å². The SMILES string of the molecule is O=C(OC1CCCC1)N1CCCC2CC(N3CCC4(CC3)COc3ccc(F)cc34)CC21. The molecule has 32 heavy (non-hydrogen) atoms. The van der Waals surface area contributed by atoms with E-state index < -0.39 is 0 Å². The number of halogens is 1. The van der Waals surface area contributed by atoms with Gasteiger partial charge >= 0.3 is 6.09 Å². The molecule has 0 radical (unpaired) electrons. The van der Waals surface area contributed by atoms with E-state index in [2.05, 4.69) is 9.80 Å². The first kappa shape index (κ1) is 20.8. The quantitative estimate of drug-likeness (QED) is 0.655. The van der Waals surface area contributed by atoms with Gasteiger partial charge in [-0.15, -0.1) is 0 Å². The highest BCUT2D eigenvalue weighted by atomic mass is 19.1. The summed E-state index contributed by atoms with van der Waals surface area (Å²) in [4.78, 5) is 17.7. The van der Waals surface area contributed by atoms with Gasteiger partial charge in [-0.1, -0.05) is 0 Å². The lowest BCUT2D eigenvalue weighted by Crippen LogP contribution is -2.48. The number of carbonyl (C=O) groups is 1. The first-order chi connectivity index (χ1) is 15.6. The Morgan fingerprint density at radius 2 is 1.88 bits per heavy atom. The van der Waals surface area contributed by atoms with Crippen LogP contribution in [0.4, 0.5) is 9.18 Å². The summed E-state index contributed by atoms with van der Waals surface area (Å²) in [6, 6.07) is 5.85. The fraction of sp³-hybridized carbons (Fsp3) is 0.731. The number of piperidine rings is 2. The van der Waals surface area contributed by atoms with E-state index in [1.165, 1.54) is 31.7 Å². The zero-order valence-electron chi connectivity index (χ0n) is 18.9. The summed E-state index contributed by atoms with van der Waals surface area (Å²) in [5, 5.41) is 0. The predicted molar refractivity (Wildman–Crippen MR) is 119 cm³/mol. The monoisotopic (exact) mass is 442 g/mol. The van der Waals surface area contributed by atoms with E-state index in [-0.39, 0.29) is 23.4 Å². The number of carbonyl (C=O) groups excluding carboxylic acids is 1. The number of benzene rings is 1. The molecular weight excluding hydrogens is 407 g/mol. The Balaban J connectivity index is 1.10. The van der Waals surface area contributed by atoms with E-state index in [1.807, 2.05) is 0 Å². The lowest BCUT2D eigenvalue weighted by atomic mass is 9.74. The zero-order valence-corrected chi connectivity index (χ0v) is 18.9. The first-order valence-electron chi connectivity index (χ1n) is 12.8. The van der Waals surface area contributed by atoms with E-state index in [4.69, 9.17) is 9.47 Å². The van der Waals surface area contributed by atoms with Gasteiger partial charge in [0.2, 0.25) is 0 Å². The maximum atomic E-state index is 13.9. The molecule has 1 amide bonds. The number of hydrogen-bond acceptors (Lipinski definition) is 4. The van der Waals surface area contributed by atoms with E-state index in [0.717, 1.165) is 69.5 Å². The molecule has 0 N–H and O–H groups in total. The van der Waals surface area contributed by atoms with Crippen molar-refractivity contribution >= 4 is 6.09 Å². The molecule has 3 atom stereocenters. The summed E-state index contributed by atoms with van der Waals surface area (Å²) in [6.07, 6.45) is 11.1. The molecule has 2 saturated heterocycles. The average molecular weight is 443 g/mol. The van der Waals surface area contributed by atoms with Gasteiger partial charge in [0, 0.05) is 29.6 Å². The summed E-state index contributed by atoms with van der Waals surface area (Å²) in [6.45, 7) is 3.57. The van der Waals surface area contributed by atoms with Gasteiger partial charge in [-0.25, -0.2) is 9.18 Å². The minimum Gasteiger partial charge on any atom is -0.492 e. The number of rotatable bonds is 2. The van der Waals surface area contributed by atoms with Crippen molar-refractivity contribution in [2.24, 2.45) is 5.92 Å². The van der Waals surface area contributed by atoms with Crippen molar-refractivity contribution in [2.75, 3.05) is 26.2 Å². The molecule has 0 aromatic heterocycles. The van der Waals surface area contributed by atoms with Gasteiger partial charge in [0.05, 0.1) is 6.61 Å². The third kappa shape index (κ3) is 3.59. The molecule has 174 valence electrons. The first-order valence-corrected chi connectivity index (χ1v) is 12.8. The Labute approximate surface area is 190 Å². The fourth-order valence-electron chi connectivity index (χ4n) is 7.26. The molecule has 5 aliphatic rings. The molecule has 6 rings (SSSR count). The zero-order chi connectivity index (χ0) is 21.7. The average Bonchev–Trinajstić information content (AvgIpc) is 3.54. The summed E-state index contributed by atoms with van der Waals surface area (Å²) < 4.78 is 25.7. The topological polar surface area (TPSA) is 42.0 Å². The van der Waals surface area contributed by atoms with E-state index in [1.54, 1.807) is 12.1 Å². The molecule has 1 spiro atoms.